The second-order valence-corrected chi connectivity index (χ2v) is 6.98. The number of amides is 1. The zero-order valence-corrected chi connectivity index (χ0v) is 13.0. The maximum Gasteiger partial charge on any atom is 0.341 e. The number of aryl methyl sites for hydroxylation is 1. The van der Waals surface area contributed by atoms with Crippen LogP contribution in [0.15, 0.2) is 0 Å². The van der Waals surface area contributed by atoms with Gasteiger partial charge in [0.1, 0.15) is 5.00 Å². The van der Waals surface area contributed by atoms with Crippen LogP contribution in [0.3, 0.4) is 0 Å². The normalized spacial score (nSPS) is 19.3. The summed E-state index contributed by atoms with van der Waals surface area (Å²) in [6, 6.07) is 0. The molecule has 0 spiro atoms. The lowest BCUT2D eigenvalue weighted by Crippen LogP contribution is -2.56. The standard InChI is InChI=1S/C15H20N2O3S/c1-20-13(18)11-9-5-2-3-6-10(9)21-12(11)17-14(19)15(16)7-4-8-15/h2-8,16H2,1H3,(H,17,19). The van der Waals surface area contributed by atoms with Gasteiger partial charge in [0, 0.05) is 4.88 Å². The summed E-state index contributed by atoms with van der Waals surface area (Å²) in [5.74, 6) is -0.554. The van der Waals surface area contributed by atoms with Crippen molar-refractivity contribution in [3.05, 3.63) is 16.0 Å². The van der Waals surface area contributed by atoms with Gasteiger partial charge in [0.05, 0.1) is 18.2 Å². The number of esters is 1. The molecule has 1 heterocycles. The SMILES string of the molecule is COC(=O)c1c(NC(=O)C2(N)CCC2)sc2c1CCCC2. The Labute approximate surface area is 127 Å². The topological polar surface area (TPSA) is 81.4 Å². The highest BCUT2D eigenvalue weighted by Crippen LogP contribution is 2.39. The van der Waals surface area contributed by atoms with E-state index in [1.165, 1.54) is 23.3 Å². The van der Waals surface area contributed by atoms with Crippen molar-refractivity contribution in [2.75, 3.05) is 12.4 Å². The molecule has 0 bridgehead atoms. The molecule has 3 N–H and O–H groups in total. The van der Waals surface area contributed by atoms with Crippen LogP contribution in [0.5, 0.6) is 0 Å². The van der Waals surface area contributed by atoms with Gasteiger partial charge in [-0.2, -0.15) is 0 Å². The molecule has 0 aromatic carbocycles. The van der Waals surface area contributed by atoms with Gasteiger partial charge in [-0.3, -0.25) is 4.79 Å². The predicted octanol–water partition coefficient (Wildman–Crippen LogP) is 2.23. The van der Waals surface area contributed by atoms with E-state index in [-0.39, 0.29) is 11.9 Å². The van der Waals surface area contributed by atoms with E-state index in [0.717, 1.165) is 37.7 Å². The molecule has 0 saturated heterocycles. The molecule has 2 aliphatic carbocycles. The van der Waals surface area contributed by atoms with Gasteiger partial charge in [0.25, 0.3) is 0 Å². The third-order valence-corrected chi connectivity index (χ3v) is 5.69. The van der Waals surface area contributed by atoms with Gasteiger partial charge >= 0.3 is 5.97 Å². The van der Waals surface area contributed by atoms with Crippen LogP contribution in [-0.2, 0) is 22.4 Å². The summed E-state index contributed by atoms with van der Waals surface area (Å²) in [4.78, 5) is 25.6. The van der Waals surface area contributed by atoms with Crippen molar-refractivity contribution in [2.45, 2.75) is 50.5 Å². The van der Waals surface area contributed by atoms with Crippen molar-refractivity contribution in [3.63, 3.8) is 0 Å². The molecule has 21 heavy (non-hydrogen) atoms. The summed E-state index contributed by atoms with van der Waals surface area (Å²) >= 11 is 1.50. The summed E-state index contributed by atoms with van der Waals surface area (Å²) in [5.41, 5.74) is 6.87. The Balaban J connectivity index is 1.92. The highest BCUT2D eigenvalue weighted by molar-refractivity contribution is 7.17. The number of rotatable bonds is 3. The third kappa shape index (κ3) is 2.46. The Morgan fingerprint density at radius 1 is 1.24 bits per heavy atom. The fourth-order valence-corrected chi connectivity index (χ4v) is 4.26. The van der Waals surface area contributed by atoms with Crippen molar-refractivity contribution < 1.29 is 14.3 Å². The molecule has 1 amide bonds. The number of hydrogen-bond donors (Lipinski definition) is 2. The number of nitrogens with two attached hydrogens (primary N) is 1. The molecule has 1 aromatic rings. The fraction of sp³-hybridized carbons (Fsp3) is 0.600. The minimum absolute atomic E-state index is 0.183. The maximum atomic E-state index is 12.3. The molecule has 6 heteroatoms. The van der Waals surface area contributed by atoms with Gasteiger partial charge in [-0.05, 0) is 50.5 Å². The van der Waals surface area contributed by atoms with Crippen LogP contribution in [0.4, 0.5) is 5.00 Å². The van der Waals surface area contributed by atoms with Gasteiger partial charge in [-0.1, -0.05) is 0 Å². The lowest BCUT2D eigenvalue weighted by atomic mass is 9.77. The average Bonchev–Trinajstić information content (AvgIpc) is 2.81. The predicted molar refractivity (Wildman–Crippen MR) is 81.7 cm³/mol. The largest absolute Gasteiger partial charge is 0.465 e. The molecule has 0 unspecified atom stereocenters. The summed E-state index contributed by atoms with van der Waals surface area (Å²) in [7, 11) is 1.37. The van der Waals surface area contributed by atoms with E-state index in [1.54, 1.807) is 0 Å². The second kappa shape index (κ2) is 5.42. The second-order valence-electron chi connectivity index (χ2n) is 5.87. The van der Waals surface area contributed by atoms with E-state index < -0.39 is 5.54 Å². The van der Waals surface area contributed by atoms with Crippen LogP contribution in [0.25, 0.3) is 0 Å². The highest BCUT2D eigenvalue weighted by Gasteiger charge is 2.41. The molecule has 2 aliphatic rings. The van der Waals surface area contributed by atoms with Gasteiger partial charge in [-0.25, -0.2) is 4.79 Å². The van der Waals surface area contributed by atoms with E-state index in [4.69, 9.17) is 10.5 Å². The molecule has 0 atom stereocenters. The summed E-state index contributed by atoms with van der Waals surface area (Å²) in [6.07, 6.45) is 6.43. The molecule has 0 aliphatic heterocycles. The van der Waals surface area contributed by atoms with Crippen molar-refractivity contribution in [1.82, 2.24) is 0 Å². The minimum Gasteiger partial charge on any atom is -0.465 e. The van der Waals surface area contributed by atoms with Crippen LogP contribution >= 0.6 is 11.3 Å². The van der Waals surface area contributed by atoms with Crippen molar-refractivity contribution in [3.8, 4) is 0 Å². The fourth-order valence-electron chi connectivity index (χ4n) is 2.98. The minimum atomic E-state index is -0.766. The van der Waals surface area contributed by atoms with E-state index in [0.29, 0.717) is 23.4 Å². The number of methoxy groups -OCH3 is 1. The van der Waals surface area contributed by atoms with Gasteiger partial charge in [0.2, 0.25) is 5.91 Å². The Hall–Kier alpha value is -1.40. The van der Waals surface area contributed by atoms with Gasteiger partial charge < -0.3 is 15.8 Å². The highest BCUT2D eigenvalue weighted by atomic mass is 32.1. The van der Waals surface area contributed by atoms with E-state index in [9.17, 15) is 9.59 Å². The van der Waals surface area contributed by atoms with E-state index >= 15 is 0 Å². The number of anilines is 1. The Bertz CT molecular complexity index is 590. The number of fused-ring (bicyclic) bond motifs is 1. The van der Waals surface area contributed by atoms with Crippen LogP contribution in [0.1, 0.15) is 52.9 Å². The van der Waals surface area contributed by atoms with Gasteiger partial charge in [-0.15, -0.1) is 11.3 Å². The number of nitrogens with one attached hydrogen (secondary N) is 1. The van der Waals surface area contributed by atoms with Crippen LogP contribution in [0.2, 0.25) is 0 Å². The van der Waals surface area contributed by atoms with Crippen molar-refractivity contribution >= 4 is 28.2 Å². The quantitative estimate of drug-likeness (QED) is 0.839. The van der Waals surface area contributed by atoms with Gasteiger partial charge in [0.15, 0.2) is 0 Å². The molecule has 3 rings (SSSR count). The zero-order chi connectivity index (χ0) is 15.0. The Kier molecular flexibility index (Phi) is 3.75. The Morgan fingerprint density at radius 2 is 1.95 bits per heavy atom. The summed E-state index contributed by atoms with van der Waals surface area (Å²) in [6.45, 7) is 0. The van der Waals surface area contributed by atoms with Crippen molar-refractivity contribution in [1.29, 1.82) is 0 Å². The van der Waals surface area contributed by atoms with Crippen LogP contribution in [0, 0.1) is 0 Å². The average molecular weight is 308 g/mol. The van der Waals surface area contributed by atoms with E-state index in [1.807, 2.05) is 0 Å². The van der Waals surface area contributed by atoms with Crippen LogP contribution < -0.4 is 11.1 Å². The first-order valence-electron chi connectivity index (χ1n) is 7.38. The lowest BCUT2D eigenvalue weighted by Gasteiger charge is -2.36. The number of ether oxygens (including phenoxy) is 1. The Morgan fingerprint density at radius 3 is 2.57 bits per heavy atom. The molecule has 0 radical (unpaired) electrons. The molecule has 114 valence electrons. The summed E-state index contributed by atoms with van der Waals surface area (Å²) in [5, 5.41) is 3.49. The first-order chi connectivity index (χ1) is 10.0. The third-order valence-electron chi connectivity index (χ3n) is 4.49. The number of carbonyl (C=O) groups is 2. The molecule has 1 aromatic heterocycles. The molecular formula is C15H20N2O3S. The van der Waals surface area contributed by atoms with E-state index in [2.05, 4.69) is 5.32 Å². The molecule has 1 fully saturated rings. The molecule has 5 nitrogen and oxygen atoms in total. The maximum absolute atomic E-state index is 12.3. The number of thiophene rings is 1. The van der Waals surface area contributed by atoms with Crippen molar-refractivity contribution in [2.24, 2.45) is 5.73 Å². The molecule has 1 saturated carbocycles. The van der Waals surface area contributed by atoms with Crippen LogP contribution in [-0.4, -0.2) is 24.5 Å². The lowest BCUT2D eigenvalue weighted by molar-refractivity contribution is -0.123. The molecular weight excluding hydrogens is 288 g/mol. The summed E-state index contributed by atoms with van der Waals surface area (Å²) < 4.78 is 4.89. The number of carbonyl (C=O) groups excluding carboxylic acids is 2. The first-order valence-corrected chi connectivity index (χ1v) is 8.20. The number of hydrogen-bond acceptors (Lipinski definition) is 5. The smallest absolute Gasteiger partial charge is 0.341 e. The zero-order valence-electron chi connectivity index (χ0n) is 12.2. The monoisotopic (exact) mass is 308 g/mol. The first kappa shape index (κ1) is 14.5.